The lowest BCUT2D eigenvalue weighted by molar-refractivity contribution is 0.0592. The van der Waals surface area contributed by atoms with Crippen LogP contribution in [-0.2, 0) is 55.2 Å². The predicted molar refractivity (Wildman–Crippen MR) is 250 cm³/mol. The molecule has 18 heteroatoms. The van der Waals surface area contributed by atoms with Crippen molar-refractivity contribution in [2.24, 2.45) is 0 Å². The fourth-order valence-corrected chi connectivity index (χ4v) is 8.86. The molecule has 0 unspecified atom stereocenters. The highest BCUT2D eigenvalue weighted by atomic mass is 35.5. The Hall–Kier alpha value is -7.21. The summed E-state index contributed by atoms with van der Waals surface area (Å²) in [5.41, 5.74) is 4.37. The Kier molecular flexibility index (Phi) is 16.2. The number of sulfonamides is 2. The first-order valence-corrected chi connectivity index (χ1v) is 23.5. The molecule has 0 amide bonds. The van der Waals surface area contributed by atoms with E-state index in [4.69, 9.17) is 30.5 Å². The van der Waals surface area contributed by atoms with Gasteiger partial charge in [0, 0.05) is 20.0 Å². The van der Waals surface area contributed by atoms with Crippen LogP contribution in [0.5, 0.6) is 11.5 Å². The molecular formula is C48H46ClN5O10S2. The van der Waals surface area contributed by atoms with E-state index >= 15 is 0 Å². The second kappa shape index (κ2) is 22.1. The van der Waals surface area contributed by atoms with Crippen LogP contribution in [0.25, 0.3) is 0 Å². The average molecular weight is 953 g/mol. The van der Waals surface area contributed by atoms with Crippen molar-refractivity contribution in [1.82, 2.24) is 14.8 Å². The van der Waals surface area contributed by atoms with Crippen molar-refractivity contribution >= 4 is 55.0 Å². The van der Waals surface area contributed by atoms with Crippen LogP contribution in [0.2, 0.25) is 0 Å². The van der Waals surface area contributed by atoms with Crippen LogP contribution < -0.4 is 18.1 Å². The number of carbonyl (C=O) groups excluding carboxylic acids is 2. The van der Waals surface area contributed by atoms with Crippen LogP contribution in [0.15, 0.2) is 168 Å². The molecule has 342 valence electrons. The minimum Gasteiger partial charge on any atom is -0.489 e. The number of esters is 2. The van der Waals surface area contributed by atoms with Crippen molar-refractivity contribution in [3.8, 4) is 11.5 Å². The smallest absolute Gasteiger partial charge is 0.337 e. The van der Waals surface area contributed by atoms with E-state index in [0.717, 1.165) is 19.7 Å². The summed E-state index contributed by atoms with van der Waals surface area (Å²) in [5, 5.41) is 4.07. The summed E-state index contributed by atoms with van der Waals surface area (Å²) < 4.78 is 77.8. The lowest BCUT2D eigenvalue weighted by Gasteiger charge is -2.21. The molecule has 0 saturated carbocycles. The topological polar surface area (TPSA) is 177 Å². The van der Waals surface area contributed by atoms with Crippen molar-refractivity contribution in [2.45, 2.75) is 35.4 Å². The molecule has 0 N–H and O–H groups in total. The van der Waals surface area contributed by atoms with Crippen molar-refractivity contribution in [3.05, 3.63) is 192 Å². The number of aromatic nitrogens is 3. The fraction of sp³-hybridized carbons (Fsp3) is 0.167. The van der Waals surface area contributed by atoms with E-state index in [9.17, 15) is 26.4 Å². The summed E-state index contributed by atoms with van der Waals surface area (Å²) in [6, 6.07) is 41.2. The standard InChI is InChI=1S/C25H24N4O5S.C23H22ClNO5S/c1-28(22-13-20(15-29-18-26-17-27-29)12-21(14-22)25(30)33-2)35(31,32)24-10-8-23(9-11-24)34-16-19-6-4-3-5-7-19;1-25(20-13-18(15-24)12-19(14-20)23(26)29-2)31(27,28)22-10-8-21(9-11-22)30-16-17-6-4-3-5-7-17/h3-14,17-18H,15-16H2,1-2H3;3-14H,15-16H2,1-2H3. The molecule has 7 aromatic rings. The molecule has 66 heavy (non-hydrogen) atoms. The lowest BCUT2D eigenvalue weighted by atomic mass is 10.1. The number of hydrogen-bond acceptors (Lipinski definition) is 12. The molecule has 0 radical (unpaired) electrons. The predicted octanol–water partition coefficient (Wildman–Crippen LogP) is 8.13. The first kappa shape index (κ1) is 48.3. The van der Waals surface area contributed by atoms with Crippen LogP contribution in [0.4, 0.5) is 11.4 Å². The van der Waals surface area contributed by atoms with E-state index in [1.54, 1.807) is 53.2 Å². The third kappa shape index (κ3) is 12.3. The van der Waals surface area contributed by atoms with E-state index in [-0.39, 0.29) is 26.8 Å². The van der Waals surface area contributed by atoms with Crippen LogP contribution >= 0.6 is 11.6 Å². The number of rotatable bonds is 17. The highest BCUT2D eigenvalue weighted by molar-refractivity contribution is 7.93. The Labute approximate surface area is 388 Å². The van der Waals surface area contributed by atoms with Gasteiger partial charge in [-0.3, -0.25) is 8.61 Å². The largest absolute Gasteiger partial charge is 0.489 e. The molecule has 6 aromatic carbocycles. The van der Waals surface area contributed by atoms with Crippen LogP contribution in [0.1, 0.15) is 43.0 Å². The number of methoxy groups -OCH3 is 2. The number of halogens is 1. The minimum atomic E-state index is -3.91. The molecule has 15 nitrogen and oxygen atoms in total. The van der Waals surface area contributed by atoms with Gasteiger partial charge in [0.15, 0.2) is 0 Å². The molecule has 0 bridgehead atoms. The monoisotopic (exact) mass is 951 g/mol. The number of alkyl halides is 1. The zero-order valence-corrected chi connectivity index (χ0v) is 38.7. The number of ether oxygens (including phenoxy) is 4. The van der Waals surface area contributed by atoms with Gasteiger partial charge in [-0.1, -0.05) is 60.7 Å². The van der Waals surface area contributed by atoms with E-state index in [1.807, 2.05) is 60.7 Å². The molecule has 0 atom stereocenters. The quantitative estimate of drug-likeness (QED) is 0.0634. The van der Waals surface area contributed by atoms with Gasteiger partial charge < -0.3 is 18.9 Å². The van der Waals surface area contributed by atoms with Crippen LogP contribution in [0, 0.1) is 0 Å². The maximum Gasteiger partial charge on any atom is 0.337 e. The molecular weight excluding hydrogens is 906 g/mol. The van der Waals surface area contributed by atoms with Gasteiger partial charge in [0.25, 0.3) is 20.0 Å². The molecule has 7 rings (SSSR count). The molecule has 0 aliphatic rings. The summed E-state index contributed by atoms with van der Waals surface area (Å²) in [7, 11) is -2.39. The second-order valence-electron chi connectivity index (χ2n) is 14.4. The Morgan fingerprint density at radius 3 is 1.39 bits per heavy atom. The van der Waals surface area contributed by atoms with Crippen molar-refractivity contribution in [1.29, 1.82) is 0 Å². The first-order valence-electron chi connectivity index (χ1n) is 20.1. The van der Waals surface area contributed by atoms with Crippen molar-refractivity contribution < 1.29 is 45.4 Å². The molecule has 0 aliphatic carbocycles. The van der Waals surface area contributed by atoms with Gasteiger partial charge in [0.2, 0.25) is 0 Å². The van der Waals surface area contributed by atoms with Gasteiger partial charge in [-0.05, 0) is 107 Å². The maximum absolute atomic E-state index is 13.3. The Morgan fingerprint density at radius 1 is 0.576 bits per heavy atom. The minimum absolute atomic E-state index is 0.0911. The third-order valence-corrected chi connectivity index (χ3v) is 13.9. The Balaban J connectivity index is 0.000000220. The van der Waals surface area contributed by atoms with E-state index in [2.05, 4.69) is 10.1 Å². The number of anilines is 2. The van der Waals surface area contributed by atoms with Gasteiger partial charge >= 0.3 is 11.9 Å². The molecule has 1 heterocycles. The van der Waals surface area contributed by atoms with Crippen LogP contribution in [0.3, 0.4) is 0 Å². The van der Waals surface area contributed by atoms with E-state index < -0.39 is 32.0 Å². The summed E-state index contributed by atoms with van der Waals surface area (Å²) >= 11 is 5.91. The first-order chi connectivity index (χ1) is 31.7. The van der Waals surface area contributed by atoms with Crippen LogP contribution in [-0.4, -0.2) is 71.9 Å². The van der Waals surface area contributed by atoms with Gasteiger partial charge in [-0.25, -0.2) is 36.1 Å². The Morgan fingerprint density at radius 2 is 1.00 bits per heavy atom. The number of benzene rings is 6. The summed E-state index contributed by atoms with van der Waals surface area (Å²) in [6.07, 6.45) is 2.93. The van der Waals surface area contributed by atoms with Gasteiger partial charge in [0.1, 0.15) is 37.4 Å². The zero-order chi connectivity index (χ0) is 47.3. The normalized spacial score (nSPS) is 11.1. The Bertz CT molecular complexity index is 2940. The maximum atomic E-state index is 13.3. The highest BCUT2D eigenvalue weighted by Crippen LogP contribution is 2.29. The lowest BCUT2D eigenvalue weighted by Crippen LogP contribution is -2.27. The van der Waals surface area contributed by atoms with Crippen molar-refractivity contribution in [2.75, 3.05) is 36.9 Å². The third-order valence-electron chi connectivity index (χ3n) is 9.95. The molecule has 0 fully saturated rings. The summed E-state index contributed by atoms with van der Waals surface area (Å²) in [6.45, 7) is 1.06. The summed E-state index contributed by atoms with van der Waals surface area (Å²) in [5.74, 6) is 0.0938. The number of carbonyl (C=O) groups is 2. The zero-order valence-electron chi connectivity index (χ0n) is 36.4. The molecule has 0 saturated heterocycles. The van der Waals surface area contributed by atoms with E-state index in [1.165, 1.54) is 77.4 Å². The summed E-state index contributed by atoms with van der Waals surface area (Å²) in [4.78, 5) is 28.3. The highest BCUT2D eigenvalue weighted by Gasteiger charge is 2.25. The number of nitrogens with zero attached hydrogens (tertiary/aromatic N) is 5. The van der Waals surface area contributed by atoms with Crippen molar-refractivity contribution in [3.63, 3.8) is 0 Å². The molecule has 0 spiro atoms. The van der Waals surface area contributed by atoms with Gasteiger partial charge in [-0.2, -0.15) is 5.10 Å². The van der Waals surface area contributed by atoms with E-state index in [0.29, 0.717) is 53.8 Å². The average Bonchev–Trinajstić information content (AvgIpc) is 3.87. The molecule has 1 aromatic heterocycles. The SMILES string of the molecule is COC(=O)c1cc(CCl)cc(N(C)S(=O)(=O)c2ccc(OCc3ccccc3)cc2)c1.COC(=O)c1cc(Cn2cncn2)cc(N(C)S(=O)(=O)c2ccc(OCc3ccccc3)cc2)c1. The fourth-order valence-electron chi connectivity index (χ4n) is 6.34. The number of hydrogen-bond donors (Lipinski definition) is 0. The van der Waals surface area contributed by atoms with Gasteiger partial charge in [-0.15, -0.1) is 11.6 Å². The van der Waals surface area contributed by atoms with Gasteiger partial charge in [0.05, 0.1) is 53.1 Å². The second-order valence-corrected chi connectivity index (χ2v) is 18.6. The molecule has 0 aliphatic heterocycles.